The molecule has 0 saturated carbocycles. The van der Waals surface area contributed by atoms with E-state index < -0.39 is 6.10 Å². The van der Waals surface area contributed by atoms with Crippen molar-refractivity contribution in [2.24, 2.45) is 12.8 Å². The van der Waals surface area contributed by atoms with E-state index in [9.17, 15) is 5.11 Å². The Morgan fingerprint density at radius 1 is 1.50 bits per heavy atom. The van der Waals surface area contributed by atoms with Crippen LogP contribution in [0.15, 0.2) is 12.3 Å². The number of aliphatic hydroxyl groups is 1. The number of nitrogens with zero attached hydrogens (tertiary/aromatic N) is 3. The maximum absolute atomic E-state index is 9.99. The van der Waals surface area contributed by atoms with Crippen molar-refractivity contribution in [3.05, 3.63) is 23.7 Å². The van der Waals surface area contributed by atoms with E-state index in [1.165, 1.54) is 0 Å². The normalized spacial score (nSPS) is 15.3. The maximum atomic E-state index is 9.99. The van der Waals surface area contributed by atoms with E-state index in [2.05, 4.69) is 9.97 Å². The van der Waals surface area contributed by atoms with Crippen LogP contribution >= 0.6 is 0 Å². The molecule has 2 atom stereocenters. The van der Waals surface area contributed by atoms with Crippen molar-refractivity contribution >= 4 is 11.2 Å². The van der Waals surface area contributed by atoms with Crippen LogP contribution in [0, 0.1) is 6.92 Å². The molecule has 0 amide bonds. The van der Waals surface area contributed by atoms with Crippen LogP contribution in [-0.2, 0) is 7.05 Å². The Bertz CT molecular complexity index is 518. The van der Waals surface area contributed by atoms with Crippen molar-refractivity contribution in [1.82, 2.24) is 14.5 Å². The van der Waals surface area contributed by atoms with Gasteiger partial charge in [-0.3, -0.25) is 0 Å². The van der Waals surface area contributed by atoms with Gasteiger partial charge in [-0.15, -0.1) is 0 Å². The fraction of sp³-hybridized carbons (Fsp3) is 0.455. The third-order valence-corrected chi connectivity index (χ3v) is 2.83. The van der Waals surface area contributed by atoms with E-state index in [1.54, 1.807) is 19.2 Å². The van der Waals surface area contributed by atoms with Gasteiger partial charge in [-0.2, -0.15) is 0 Å². The van der Waals surface area contributed by atoms with E-state index in [-0.39, 0.29) is 6.04 Å². The van der Waals surface area contributed by atoms with Gasteiger partial charge >= 0.3 is 0 Å². The lowest BCUT2D eigenvalue weighted by atomic mass is 10.0. The molecule has 0 aliphatic carbocycles. The lowest BCUT2D eigenvalue weighted by molar-refractivity contribution is 0.154. The van der Waals surface area contributed by atoms with Crippen molar-refractivity contribution in [3.63, 3.8) is 0 Å². The molecule has 2 aromatic heterocycles. The van der Waals surface area contributed by atoms with Gasteiger partial charge in [-0.25, -0.2) is 9.97 Å². The number of aromatic nitrogens is 3. The van der Waals surface area contributed by atoms with Gasteiger partial charge in [-0.05, 0) is 19.9 Å². The number of rotatable bonds is 2. The highest BCUT2D eigenvalue weighted by atomic mass is 16.3. The molecule has 0 fully saturated rings. The second-order valence-electron chi connectivity index (χ2n) is 4.09. The van der Waals surface area contributed by atoms with E-state index in [0.717, 1.165) is 22.6 Å². The largest absolute Gasteiger partial charge is 0.387 e. The molecule has 0 radical (unpaired) electrons. The van der Waals surface area contributed by atoms with E-state index in [4.69, 9.17) is 5.73 Å². The summed E-state index contributed by atoms with van der Waals surface area (Å²) in [5.41, 5.74) is 7.94. The lowest BCUT2D eigenvalue weighted by Gasteiger charge is -2.14. The molecule has 2 unspecified atom stereocenters. The Kier molecular flexibility index (Phi) is 2.65. The first-order valence-corrected chi connectivity index (χ1v) is 5.24. The third-order valence-electron chi connectivity index (χ3n) is 2.83. The summed E-state index contributed by atoms with van der Waals surface area (Å²) in [5, 5.41) is 9.99. The van der Waals surface area contributed by atoms with Gasteiger partial charge < -0.3 is 15.4 Å². The summed E-state index contributed by atoms with van der Waals surface area (Å²) >= 11 is 0. The molecule has 86 valence electrons. The van der Waals surface area contributed by atoms with Gasteiger partial charge in [0.1, 0.15) is 11.3 Å². The number of imidazole rings is 1. The first kappa shape index (κ1) is 11.0. The van der Waals surface area contributed by atoms with Crippen LogP contribution in [0.25, 0.3) is 11.2 Å². The quantitative estimate of drug-likeness (QED) is 0.779. The maximum Gasteiger partial charge on any atom is 0.160 e. The average Bonchev–Trinajstić information content (AvgIpc) is 2.54. The van der Waals surface area contributed by atoms with E-state index >= 15 is 0 Å². The van der Waals surface area contributed by atoms with Crippen LogP contribution in [0.2, 0.25) is 0 Å². The second-order valence-corrected chi connectivity index (χ2v) is 4.09. The SMILES string of the molecule is Cc1nc2c(C(O)C(C)N)ccnc2n1C. The number of aryl methyl sites for hydroxylation is 2. The zero-order chi connectivity index (χ0) is 11.9. The molecule has 0 saturated heterocycles. The predicted octanol–water partition coefficient (Wildman–Crippen LogP) is 0.657. The molecule has 16 heavy (non-hydrogen) atoms. The zero-order valence-corrected chi connectivity index (χ0v) is 9.68. The summed E-state index contributed by atoms with van der Waals surface area (Å²) in [5.74, 6) is 0.867. The molecule has 2 heterocycles. The fourth-order valence-corrected chi connectivity index (χ4v) is 1.73. The van der Waals surface area contributed by atoms with Crippen molar-refractivity contribution in [2.75, 3.05) is 0 Å². The third kappa shape index (κ3) is 1.58. The number of nitrogens with two attached hydrogens (primary N) is 1. The smallest absolute Gasteiger partial charge is 0.160 e. The summed E-state index contributed by atoms with van der Waals surface area (Å²) in [7, 11) is 1.90. The van der Waals surface area contributed by atoms with Crippen molar-refractivity contribution < 1.29 is 5.11 Å². The summed E-state index contributed by atoms with van der Waals surface area (Å²) in [6.45, 7) is 3.68. The number of hydrogen-bond acceptors (Lipinski definition) is 4. The summed E-state index contributed by atoms with van der Waals surface area (Å²) in [6, 6.07) is 1.44. The molecular weight excluding hydrogens is 204 g/mol. The highest BCUT2D eigenvalue weighted by molar-refractivity contribution is 5.76. The molecule has 0 aromatic carbocycles. The minimum absolute atomic E-state index is 0.326. The van der Waals surface area contributed by atoms with Crippen molar-refractivity contribution in [1.29, 1.82) is 0 Å². The molecule has 2 aromatic rings. The second kappa shape index (κ2) is 3.84. The highest BCUT2D eigenvalue weighted by Crippen LogP contribution is 2.23. The monoisotopic (exact) mass is 220 g/mol. The van der Waals surface area contributed by atoms with Crippen LogP contribution in [-0.4, -0.2) is 25.7 Å². The summed E-state index contributed by atoms with van der Waals surface area (Å²) in [6.07, 6.45) is 0.962. The molecule has 0 spiro atoms. The minimum atomic E-state index is -0.709. The Morgan fingerprint density at radius 2 is 2.19 bits per heavy atom. The van der Waals surface area contributed by atoms with Gasteiger partial charge in [0.25, 0.3) is 0 Å². The Balaban J connectivity index is 2.67. The van der Waals surface area contributed by atoms with Gasteiger partial charge in [-0.1, -0.05) is 0 Å². The average molecular weight is 220 g/mol. The van der Waals surface area contributed by atoms with Crippen LogP contribution in [0.1, 0.15) is 24.4 Å². The molecule has 5 nitrogen and oxygen atoms in total. The van der Waals surface area contributed by atoms with Crippen LogP contribution in [0.5, 0.6) is 0 Å². The van der Waals surface area contributed by atoms with Crippen LogP contribution in [0.3, 0.4) is 0 Å². The number of fused-ring (bicyclic) bond motifs is 1. The van der Waals surface area contributed by atoms with Crippen molar-refractivity contribution in [3.8, 4) is 0 Å². The number of aliphatic hydroxyl groups excluding tert-OH is 1. The number of pyridine rings is 1. The molecule has 2 rings (SSSR count). The van der Waals surface area contributed by atoms with Gasteiger partial charge in [0.15, 0.2) is 5.65 Å². The van der Waals surface area contributed by atoms with E-state index in [0.29, 0.717) is 0 Å². The van der Waals surface area contributed by atoms with Crippen LogP contribution in [0.4, 0.5) is 0 Å². The van der Waals surface area contributed by atoms with Crippen LogP contribution < -0.4 is 5.73 Å². The van der Waals surface area contributed by atoms with Gasteiger partial charge in [0.2, 0.25) is 0 Å². The van der Waals surface area contributed by atoms with Gasteiger partial charge in [0, 0.05) is 24.8 Å². The highest BCUT2D eigenvalue weighted by Gasteiger charge is 2.18. The first-order valence-electron chi connectivity index (χ1n) is 5.24. The number of hydrogen-bond donors (Lipinski definition) is 2. The lowest BCUT2D eigenvalue weighted by Crippen LogP contribution is -2.24. The molecule has 0 aliphatic heterocycles. The standard InChI is InChI=1S/C11H16N4O/c1-6(12)10(16)8-4-5-13-11-9(8)14-7(2)15(11)3/h4-6,10,16H,12H2,1-3H3. The predicted molar refractivity (Wildman–Crippen MR) is 61.9 cm³/mol. The molecule has 3 N–H and O–H groups in total. The molecular formula is C11H16N4O. The molecule has 0 aliphatic rings. The molecule has 0 bridgehead atoms. The van der Waals surface area contributed by atoms with E-state index in [1.807, 2.05) is 18.5 Å². The topological polar surface area (TPSA) is 77.0 Å². The Labute approximate surface area is 93.9 Å². The fourth-order valence-electron chi connectivity index (χ4n) is 1.73. The zero-order valence-electron chi connectivity index (χ0n) is 9.68. The minimum Gasteiger partial charge on any atom is -0.387 e. The summed E-state index contributed by atoms with van der Waals surface area (Å²) < 4.78 is 1.90. The molecule has 5 heteroatoms. The Morgan fingerprint density at radius 3 is 2.81 bits per heavy atom. The first-order chi connectivity index (χ1) is 7.52. The van der Waals surface area contributed by atoms with Crippen molar-refractivity contribution in [2.45, 2.75) is 26.0 Å². The van der Waals surface area contributed by atoms with Gasteiger partial charge in [0.05, 0.1) is 6.10 Å². The Hall–Kier alpha value is -1.46. The summed E-state index contributed by atoms with van der Waals surface area (Å²) in [4.78, 5) is 8.65.